The van der Waals surface area contributed by atoms with Crippen LogP contribution in [-0.2, 0) is 10.5 Å². The van der Waals surface area contributed by atoms with Gasteiger partial charge in [0, 0.05) is 17.4 Å². The Balaban J connectivity index is 1.12. The maximum Gasteiger partial charge on any atom is 0.411 e. The lowest BCUT2D eigenvalue weighted by Crippen LogP contribution is -2.17. The number of hydrogen-bond donors (Lipinski definition) is 1. The number of anilines is 1. The van der Waals surface area contributed by atoms with E-state index >= 15 is 0 Å². The highest BCUT2D eigenvalue weighted by molar-refractivity contribution is 8.11. The van der Waals surface area contributed by atoms with Crippen molar-refractivity contribution < 1.29 is 14.3 Å². The third-order valence-electron chi connectivity index (χ3n) is 6.14. The van der Waals surface area contributed by atoms with Gasteiger partial charge in [-0.05, 0) is 64.2 Å². The third kappa shape index (κ3) is 5.44. The molecule has 0 aliphatic heterocycles. The lowest BCUT2D eigenvalue weighted by Gasteiger charge is -2.14. The fourth-order valence-corrected chi connectivity index (χ4v) is 4.99. The number of fused-ring (bicyclic) bond motifs is 3. The summed E-state index contributed by atoms with van der Waals surface area (Å²) in [5.41, 5.74) is 9.32. The van der Waals surface area contributed by atoms with Crippen molar-refractivity contribution in [3.05, 3.63) is 114 Å². The summed E-state index contributed by atoms with van der Waals surface area (Å²) in [6.07, 6.45) is -0.469. The first-order chi connectivity index (χ1) is 17.7. The molecule has 0 saturated heterocycles. The molecule has 0 fully saturated rings. The molecule has 4 aromatic carbocycles. The van der Waals surface area contributed by atoms with Crippen LogP contribution in [0.5, 0.6) is 5.75 Å². The van der Waals surface area contributed by atoms with Crippen LogP contribution >= 0.6 is 11.8 Å². The topological polar surface area (TPSA) is 59.9 Å². The summed E-state index contributed by atoms with van der Waals surface area (Å²) in [6, 6.07) is 32.0. The van der Waals surface area contributed by atoms with E-state index < -0.39 is 6.09 Å². The number of thioether (sulfide) groups is 1. The van der Waals surface area contributed by atoms with Gasteiger partial charge in [-0.15, -0.1) is 11.8 Å². The minimum absolute atomic E-state index is 0.0373. The number of methoxy groups -OCH3 is 1. The quantitative estimate of drug-likeness (QED) is 0.202. The molecule has 180 valence electrons. The summed E-state index contributed by atoms with van der Waals surface area (Å²) >= 11 is 1.62. The number of carbonyl (C=O) groups excluding carboxylic acids is 1. The Kier molecular flexibility index (Phi) is 7.33. The van der Waals surface area contributed by atoms with Crippen LogP contribution in [0, 0.1) is 0 Å². The maximum atomic E-state index is 12.5. The molecule has 0 radical (unpaired) electrons. The molecule has 0 atom stereocenters. The standard InChI is InChI=1S/C30H26N2O3S/c1-34-24-16-10-21(11-17-24)19-36-20-31-22-12-14-23(15-13-22)32-30(33)35-18-29-27-8-4-2-6-25(27)26-7-3-5-9-28(26)29/h2-17,20,29H,18-19H2,1H3,(H,32,33). The van der Waals surface area contributed by atoms with E-state index in [1.54, 1.807) is 18.9 Å². The highest BCUT2D eigenvalue weighted by Crippen LogP contribution is 2.44. The van der Waals surface area contributed by atoms with Crippen molar-refractivity contribution in [1.82, 2.24) is 0 Å². The van der Waals surface area contributed by atoms with Crippen LogP contribution in [0.3, 0.4) is 0 Å². The van der Waals surface area contributed by atoms with Crippen LogP contribution in [-0.4, -0.2) is 25.4 Å². The van der Waals surface area contributed by atoms with Crippen molar-refractivity contribution in [3.63, 3.8) is 0 Å². The Labute approximate surface area is 215 Å². The summed E-state index contributed by atoms with van der Waals surface area (Å²) < 4.78 is 10.8. The number of nitrogens with one attached hydrogen (secondary N) is 1. The summed E-state index contributed by atoms with van der Waals surface area (Å²) in [7, 11) is 1.66. The van der Waals surface area contributed by atoms with Crippen LogP contribution in [0.4, 0.5) is 16.2 Å². The first kappa shape index (κ1) is 23.7. The monoisotopic (exact) mass is 494 g/mol. The fourth-order valence-electron chi connectivity index (χ4n) is 4.34. The largest absolute Gasteiger partial charge is 0.497 e. The van der Waals surface area contributed by atoms with Gasteiger partial charge in [0.15, 0.2) is 0 Å². The number of nitrogens with zero attached hydrogens (tertiary/aromatic N) is 1. The van der Waals surface area contributed by atoms with E-state index in [0.29, 0.717) is 5.69 Å². The Morgan fingerprint density at radius 2 is 1.53 bits per heavy atom. The maximum absolute atomic E-state index is 12.5. The summed E-state index contributed by atoms with van der Waals surface area (Å²) in [4.78, 5) is 17.0. The number of aliphatic imine (C=N–C) groups is 1. The molecule has 6 heteroatoms. The van der Waals surface area contributed by atoms with Crippen molar-refractivity contribution in [1.29, 1.82) is 0 Å². The van der Waals surface area contributed by atoms with Gasteiger partial charge in [-0.3, -0.25) is 10.3 Å². The predicted octanol–water partition coefficient (Wildman–Crippen LogP) is 7.65. The molecular weight excluding hydrogens is 468 g/mol. The minimum Gasteiger partial charge on any atom is -0.497 e. The second kappa shape index (κ2) is 11.1. The molecule has 5 nitrogen and oxygen atoms in total. The lowest BCUT2D eigenvalue weighted by molar-refractivity contribution is 0.158. The molecule has 1 N–H and O–H groups in total. The molecular formula is C30H26N2O3S. The lowest BCUT2D eigenvalue weighted by atomic mass is 9.98. The smallest absolute Gasteiger partial charge is 0.411 e. The number of amides is 1. The van der Waals surface area contributed by atoms with E-state index in [9.17, 15) is 4.79 Å². The zero-order chi connectivity index (χ0) is 24.7. The normalized spacial score (nSPS) is 12.2. The zero-order valence-electron chi connectivity index (χ0n) is 19.9. The van der Waals surface area contributed by atoms with Gasteiger partial charge in [0.05, 0.1) is 18.3 Å². The van der Waals surface area contributed by atoms with Gasteiger partial charge in [-0.25, -0.2) is 4.79 Å². The molecule has 0 bridgehead atoms. The van der Waals surface area contributed by atoms with Gasteiger partial charge in [0.2, 0.25) is 0 Å². The van der Waals surface area contributed by atoms with Crippen LogP contribution < -0.4 is 10.1 Å². The Morgan fingerprint density at radius 1 is 0.889 bits per heavy atom. The number of ether oxygens (including phenoxy) is 2. The average molecular weight is 495 g/mol. The number of hydrogen-bond acceptors (Lipinski definition) is 5. The van der Waals surface area contributed by atoms with Crippen LogP contribution in [0.2, 0.25) is 0 Å². The molecule has 0 saturated carbocycles. The van der Waals surface area contributed by atoms with Crippen molar-refractivity contribution in [2.75, 3.05) is 19.0 Å². The molecule has 0 spiro atoms. The van der Waals surface area contributed by atoms with Crippen molar-refractivity contribution >= 4 is 34.8 Å². The van der Waals surface area contributed by atoms with E-state index in [1.165, 1.54) is 27.8 Å². The summed E-state index contributed by atoms with van der Waals surface area (Å²) in [6.45, 7) is 0.285. The molecule has 1 aliphatic carbocycles. The van der Waals surface area contributed by atoms with Gasteiger partial charge < -0.3 is 9.47 Å². The molecule has 0 heterocycles. The summed E-state index contributed by atoms with van der Waals surface area (Å²) in [5.74, 6) is 1.72. The van der Waals surface area contributed by atoms with E-state index in [-0.39, 0.29) is 12.5 Å². The molecule has 0 aromatic heterocycles. The van der Waals surface area contributed by atoms with Crippen LogP contribution in [0.1, 0.15) is 22.6 Å². The third-order valence-corrected chi connectivity index (χ3v) is 6.90. The molecule has 4 aromatic rings. The number of benzene rings is 4. The van der Waals surface area contributed by atoms with Crippen molar-refractivity contribution in [2.45, 2.75) is 11.7 Å². The fraction of sp³-hybridized carbons (Fsp3) is 0.133. The highest BCUT2D eigenvalue weighted by Gasteiger charge is 2.28. The first-order valence-electron chi connectivity index (χ1n) is 11.7. The highest BCUT2D eigenvalue weighted by atomic mass is 32.2. The zero-order valence-corrected chi connectivity index (χ0v) is 20.7. The minimum atomic E-state index is -0.469. The van der Waals surface area contributed by atoms with Gasteiger partial charge in [-0.2, -0.15) is 0 Å². The van der Waals surface area contributed by atoms with E-state index in [0.717, 1.165) is 17.2 Å². The Hall–Kier alpha value is -4.03. The SMILES string of the molecule is COc1ccc(CSC=Nc2ccc(NC(=O)OCC3c4ccccc4-c4ccccc43)cc2)cc1. The van der Waals surface area contributed by atoms with Crippen LogP contribution in [0.15, 0.2) is 102 Å². The average Bonchev–Trinajstić information content (AvgIpc) is 3.25. The van der Waals surface area contributed by atoms with E-state index in [2.05, 4.69) is 34.6 Å². The van der Waals surface area contributed by atoms with Crippen LogP contribution in [0.25, 0.3) is 11.1 Å². The van der Waals surface area contributed by atoms with E-state index in [1.807, 2.05) is 78.3 Å². The molecule has 1 aliphatic rings. The van der Waals surface area contributed by atoms with E-state index in [4.69, 9.17) is 9.47 Å². The van der Waals surface area contributed by atoms with Gasteiger partial charge in [0.1, 0.15) is 12.4 Å². The molecule has 5 rings (SSSR count). The molecule has 36 heavy (non-hydrogen) atoms. The van der Waals surface area contributed by atoms with Gasteiger partial charge >= 0.3 is 6.09 Å². The van der Waals surface area contributed by atoms with Gasteiger partial charge in [-0.1, -0.05) is 60.7 Å². The Bertz CT molecular complexity index is 1320. The second-order valence-corrected chi connectivity index (χ2v) is 9.22. The molecule has 0 unspecified atom stereocenters. The van der Waals surface area contributed by atoms with Crippen molar-refractivity contribution in [2.24, 2.45) is 4.99 Å². The number of carbonyl (C=O) groups is 1. The first-order valence-corrected chi connectivity index (χ1v) is 12.8. The second-order valence-electron chi connectivity index (χ2n) is 8.39. The number of rotatable bonds is 8. The predicted molar refractivity (Wildman–Crippen MR) is 148 cm³/mol. The van der Waals surface area contributed by atoms with Gasteiger partial charge in [0.25, 0.3) is 0 Å². The Morgan fingerprint density at radius 3 is 2.17 bits per heavy atom. The molecule has 1 amide bonds. The summed E-state index contributed by atoms with van der Waals surface area (Å²) in [5, 5.41) is 2.81. The van der Waals surface area contributed by atoms with Crippen molar-refractivity contribution in [3.8, 4) is 16.9 Å².